The molecule has 0 bridgehead atoms. The molecule has 18 heavy (non-hydrogen) atoms. The van der Waals surface area contributed by atoms with E-state index in [1.165, 1.54) is 0 Å². The molecule has 0 saturated heterocycles. The molecule has 92 valence electrons. The van der Waals surface area contributed by atoms with Crippen molar-refractivity contribution in [2.24, 2.45) is 5.73 Å². The molecule has 2 aromatic carbocycles. The van der Waals surface area contributed by atoms with E-state index in [1.54, 1.807) is 30.3 Å². The smallest absolute Gasteiger partial charge is 0.250 e. The van der Waals surface area contributed by atoms with E-state index in [1.807, 2.05) is 12.1 Å². The fourth-order valence-corrected chi connectivity index (χ4v) is 1.78. The number of hydrogen-bond acceptors (Lipinski definition) is 3. The topological polar surface area (TPSA) is 81.1 Å². The van der Waals surface area contributed by atoms with Crippen LogP contribution in [0.25, 0.3) is 0 Å². The first-order chi connectivity index (χ1) is 8.56. The second kappa shape index (κ2) is 4.98. The van der Waals surface area contributed by atoms with Crippen molar-refractivity contribution in [3.8, 4) is 0 Å². The molecule has 0 fully saturated rings. The molecule has 0 aliphatic carbocycles. The van der Waals surface area contributed by atoms with Gasteiger partial charge < -0.3 is 16.8 Å². The largest absolute Gasteiger partial charge is 0.399 e. The van der Waals surface area contributed by atoms with Gasteiger partial charge in [0.15, 0.2) is 0 Å². The van der Waals surface area contributed by atoms with E-state index in [2.05, 4.69) is 5.32 Å². The van der Waals surface area contributed by atoms with Gasteiger partial charge in [0.1, 0.15) is 0 Å². The van der Waals surface area contributed by atoms with Crippen LogP contribution in [0, 0.1) is 0 Å². The van der Waals surface area contributed by atoms with Crippen LogP contribution in [0.4, 0.5) is 17.1 Å². The first-order valence-corrected chi connectivity index (χ1v) is 5.66. The van der Waals surface area contributed by atoms with Gasteiger partial charge >= 0.3 is 0 Å². The van der Waals surface area contributed by atoms with Crippen molar-refractivity contribution in [2.45, 2.75) is 0 Å². The van der Waals surface area contributed by atoms with Gasteiger partial charge in [-0.05, 0) is 36.4 Å². The van der Waals surface area contributed by atoms with Crippen LogP contribution in [-0.4, -0.2) is 5.91 Å². The number of hydrogen-bond donors (Lipinski definition) is 3. The highest BCUT2D eigenvalue weighted by Gasteiger charge is 2.08. The monoisotopic (exact) mass is 261 g/mol. The Morgan fingerprint density at radius 1 is 1.17 bits per heavy atom. The molecule has 0 aliphatic rings. The lowest BCUT2D eigenvalue weighted by Crippen LogP contribution is -2.13. The van der Waals surface area contributed by atoms with Gasteiger partial charge in [-0.15, -0.1) is 0 Å². The average Bonchev–Trinajstić information content (AvgIpc) is 2.28. The number of nitrogen functional groups attached to an aromatic ring is 1. The molecule has 0 heterocycles. The Labute approximate surface area is 110 Å². The molecule has 2 rings (SSSR count). The third-order valence-corrected chi connectivity index (χ3v) is 2.65. The van der Waals surface area contributed by atoms with E-state index < -0.39 is 5.91 Å². The number of nitrogens with two attached hydrogens (primary N) is 2. The minimum atomic E-state index is -0.516. The summed E-state index contributed by atoms with van der Waals surface area (Å²) in [6.07, 6.45) is 0. The predicted octanol–water partition coefficient (Wildman–Crippen LogP) is 2.76. The zero-order valence-electron chi connectivity index (χ0n) is 9.48. The number of carbonyl (C=O) groups is 1. The highest BCUT2D eigenvalue weighted by molar-refractivity contribution is 6.31. The van der Waals surface area contributed by atoms with Crippen molar-refractivity contribution in [3.05, 3.63) is 53.1 Å². The van der Waals surface area contributed by atoms with Gasteiger partial charge in [-0.2, -0.15) is 0 Å². The van der Waals surface area contributed by atoms with Gasteiger partial charge in [-0.3, -0.25) is 4.79 Å². The molecule has 0 aliphatic heterocycles. The molecule has 2 aromatic rings. The van der Waals surface area contributed by atoms with Gasteiger partial charge in [0.25, 0.3) is 5.91 Å². The molecule has 4 nitrogen and oxygen atoms in total. The lowest BCUT2D eigenvalue weighted by atomic mass is 10.1. The summed E-state index contributed by atoms with van der Waals surface area (Å²) in [6, 6.07) is 12.0. The lowest BCUT2D eigenvalue weighted by Gasteiger charge is -2.11. The van der Waals surface area contributed by atoms with Crippen molar-refractivity contribution in [2.75, 3.05) is 11.1 Å². The molecule has 0 spiro atoms. The van der Waals surface area contributed by atoms with Crippen LogP contribution in [0.1, 0.15) is 10.4 Å². The minimum Gasteiger partial charge on any atom is -0.399 e. The fourth-order valence-electron chi connectivity index (χ4n) is 1.61. The van der Waals surface area contributed by atoms with Gasteiger partial charge in [-0.1, -0.05) is 17.7 Å². The summed E-state index contributed by atoms with van der Waals surface area (Å²) < 4.78 is 0. The van der Waals surface area contributed by atoms with Crippen LogP contribution < -0.4 is 16.8 Å². The van der Waals surface area contributed by atoms with E-state index in [0.29, 0.717) is 22.0 Å². The fraction of sp³-hybridized carbons (Fsp3) is 0. The van der Waals surface area contributed by atoms with Gasteiger partial charge in [-0.25, -0.2) is 0 Å². The second-order valence-corrected chi connectivity index (χ2v) is 4.24. The average molecular weight is 262 g/mol. The maximum absolute atomic E-state index is 11.3. The van der Waals surface area contributed by atoms with Crippen LogP contribution in [-0.2, 0) is 0 Å². The molecule has 0 aromatic heterocycles. The summed E-state index contributed by atoms with van der Waals surface area (Å²) in [5.74, 6) is -0.516. The number of halogens is 1. The second-order valence-electron chi connectivity index (χ2n) is 3.80. The minimum absolute atomic E-state index is 0.377. The number of rotatable bonds is 3. The standard InChI is InChI=1S/C13H12ClN3O/c14-8-4-5-11(13(16)18)12(6-8)17-10-3-1-2-9(15)7-10/h1-7,17H,15H2,(H2,16,18). The highest BCUT2D eigenvalue weighted by Crippen LogP contribution is 2.25. The molecule has 0 unspecified atom stereocenters. The van der Waals surface area contributed by atoms with Crippen molar-refractivity contribution < 1.29 is 4.79 Å². The maximum atomic E-state index is 11.3. The van der Waals surface area contributed by atoms with Crippen LogP contribution in [0.2, 0.25) is 5.02 Å². The van der Waals surface area contributed by atoms with E-state index in [0.717, 1.165) is 5.69 Å². The first kappa shape index (κ1) is 12.3. The maximum Gasteiger partial charge on any atom is 0.250 e. The summed E-state index contributed by atoms with van der Waals surface area (Å²) in [5.41, 5.74) is 13.3. The molecule has 1 amide bonds. The highest BCUT2D eigenvalue weighted by atomic mass is 35.5. The van der Waals surface area contributed by atoms with Crippen LogP contribution in [0.15, 0.2) is 42.5 Å². The van der Waals surface area contributed by atoms with Crippen LogP contribution in [0.5, 0.6) is 0 Å². The molecule has 0 saturated carbocycles. The Bertz CT molecular complexity index is 599. The zero-order valence-corrected chi connectivity index (χ0v) is 10.2. The summed E-state index contributed by atoms with van der Waals surface area (Å²) in [5, 5.41) is 3.59. The van der Waals surface area contributed by atoms with Crippen molar-refractivity contribution >= 4 is 34.6 Å². The number of primary amides is 1. The Hall–Kier alpha value is -2.20. The lowest BCUT2D eigenvalue weighted by molar-refractivity contribution is 0.100. The zero-order chi connectivity index (χ0) is 13.1. The van der Waals surface area contributed by atoms with Gasteiger partial charge in [0, 0.05) is 16.4 Å². The molecule has 5 N–H and O–H groups in total. The van der Waals surface area contributed by atoms with E-state index in [4.69, 9.17) is 23.1 Å². The molecular weight excluding hydrogens is 250 g/mol. The van der Waals surface area contributed by atoms with Crippen molar-refractivity contribution in [1.82, 2.24) is 0 Å². The number of anilines is 3. The SMILES string of the molecule is NC(=O)c1ccc(Cl)cc1Nc1cccc(N)c1. The predicted molar refractivity (Wildman–Crippen MR) is 74.1 cm³/mol. The van der Waals surface area contributed by atoms with Gasteiger partial charge in [0.2, 0.25) is 0 Å². The third-order valence-electron chi connectivity index (χ3n) is 2.41. The molecule has 0 atom stereocenters. The normalized spacial score (nSPS) is 10.1. The summed E-state index contributed by atoms with van der Waals surface area (Å²) in [6.45, 7) is 0. The number of nitrogens with one attached hydrogen (secondary N) is 1. The Balaban J connectivity index is 2.39. The quantitative estimate of drug-likeness (QED) is 0.743. The number of carbonyl (C=O) groups excluding carboxylic acids is 1. The van der Waals surface area contributed by atoms with Crippen molar-refractivity contribution in [3.63, 3.8) is 0 Å². The Kier molecular flexibility index (Phi) is 3.39. The molecular formula is C13H12ClN3O. The van der Waals surface area contributed by atoms with E-state index in [-0.39, 0.29) is 0 Å². The Morgan fingerprint density at radius 2 is 1.94 bits per heavy atom. The van der Waals surface area contributed by atoms with Gasteiger partial charge in [0.05, 0.1) is 11.3 Å². The third kappa shape index (κ3) is 2.73. The van der Waals surface area contributed by atoms with E-state index >= 15 is 0 Å². The number of amides is 1. The van der Waals surface area contributed by atoms with Crippen molar-refractivity contribution in [1.29, 1.82) is 0 Å². The van der Waals surface area contributed by atoms with Crippen LogP contribution in [0.3, 0.4) is 0 Å². The summed E-state index contributed by atoms with van der Waals surface area (Å²) >= 11 is 5.90. The summed E-state index contributed by atoms with van der Waals surface area (Å²) in [7, 11) is 0. The first-order valence-electron chi connectivity index (χ1n) is 5.28. The number of benzene rings is 2. The molecule has 5 heteroatoms. The van der Waals surface area contributed by atoms with E-state index in [9.17, 15) is 4.79 Å². The summed E-state index contributed by atoms with van der Waals surface area (Å²) in [4.78, 5) is 11.3. The van der Waals surface area contributed by atoms with Crippen LogP contribution >= 0.6 is 11.6 Å². The molecule has 0 radical (unpaired) electrons. The Morgan fingerprint density at radius 3 is 2.61 bits per heavy atom.